The van der Waals surface area contributed by atoms with Crippen LogP contribution in [0.2, 0.25) is 0 Å². The third-order valence-electron chi connectivity index (χ3n) is 2.78. The van der Waals surface area contributed by atoms with Crippen LogP contribution in [-0.2, 0) is 4.79 Å². The van der Waals surface area contributed by atoms with Crippen molar-refractivity contribution in [2.75, 3.05) is 25.9 Å². The van der Waals surface area contributed by atoms with Crippen molar-refractivity contribution in [1.29, 1.82) is 0 Å². The molecule has 0 aliphatic rings. The van der Waals surface area contributed by atoms with Gasteiger partial charge in [0, 0.05) is 4.90 Å². The Kier molecular flexibility index (Phi) is 7.22. The van der Waals surface area contributed by atoms with E-state index in [9.17, 15) is 4.79 Å². The van der Waals surface area contributed by atoms with Crippen molar-refractivity contribution in [2.24, 2.45) is 5.10 Å². The molecule has 0 aliphatic heterocycles. The van der Waals surface area contributed by atoms with E-state index in [1.807, 2.05) is 49.3 Å². The molecule has 0 radical (unpaired) electrons. The number of hydrazone groups is 1. The average Bonchev–Trinajstić information content (AvgIpc) is 2.45. The van der Waals surface area contributed by atoms with Gasteiger partial charge in [0.05, 0.1) is 12.8 Å². The van der Waals surface area contributed by atoms with Gasteiger partial charge in [-0.3, -0.25) is 9.69 Å². The molecule has 0 spiro atoms. The van der Waals surface area contributed by atoms with E-state index in [4.69, 9.17) is 0 Å². The highest BCUT2D eigenvalue weighted by Crippen LogP contribution is 2.13. The molecule has 5 heteroatoms. The number of hydrogen-bond acceptors (Lipinski definition) is 4. The molecule has 1 aromatic carbocycles. The first-order chi connectivity index (χ1) is 9.19. The summed E-state index contributed by atoms with van der Waals surface area (Å²) in [5, 5.41) is 3.96. The van der Waals surface area contributed by atoms with E-state index in [1.165, 1.54) is 4.90 Å². The fraction of sp³-hybridized carbons (Fsp3) is 0.429. The van der Waals surface area contributed by atoms with Gasteiger partial charge in [-0.25, -0.2) is 5.43 Å². The van der Waals surface area contributed by atoms with Gasteiger partial charge in [0.25, 0.3) is 5.91 Å². The minimum absolute atomic E-state index is 0.0827. The molecule has 0 saturated carbocycles. The Balaban J connectivity index is 2.42. The number of benzene rings is 1. The predicted octanol–water partition coefficient (Wildman–Crippen LogP) is 2.20. The molecule has 0 atom stereocenters. The lowest BCUT2D eigenvalue weighted by Gasteiger charge is -2.15. The Morgan fingerprint density at radius 2 is 1.95 bits per heavy atom. The number of amides is 1. The molecule has 0 bridgehead atoms. The highest BCUT2D eigenvalue weighted by molar-refractivity contribution is 7.98. The first kappa shape index (κ1) is 15.7. The van der Waals surface area contributed by atoms with Gasteiger partial charge >= 0.3 is 0 Å². The molecule has 1 amide bonds. The number of nitrogens with one attached hydrogen (secondary N) is 1. The minimum atomic E-state index is -0.0827. The van der Waals surface area contributed by atoms with Crippen LogP contribution in [0.3, 0.4) is 0 Å². The maximum Gasteiger partial charge on any atom is 0.254 e. The normalized spacial score (nSPS) is 11.2. The molecule has 0 fully saturated rings. The van der Waals surface area contributed by atoms with Crippen LogP contribution in [-0.4, -0.2) is 42.9 Å². The van der Waals surface area contributed by atoms with Crippen molar-refractivity contribution in [2.45, 2.75) is 18.7 Å². The summed E-state index contributed by atoms with van der Waals surface area (Å²) in [4.78, 5) is 14.8. The van der Waals surface area contributed by atoms with E-state index in [2.05, 4.69) is 10.5 Å². The van der Waals surface area contributed by atoms with Crippen molar-refractivity contribution in [3.05, 3.63) is 29.8 Å². The summed E-state index contributed by atoms with van der Waals surface area (Å²) < 4.78 is 0. The van der Waals surface area contributed by atoms with Gasteiger partial charge in [-0.05, 0) is 37.0 Å². The zero-order valence-corrected chi connectivity index (χ0v) is 12.5. The van der Waals surface area contributed by atoms with Crippen molar-refractivity contribution < 1.29 is 4.79 Å². The molecule has 19 heavy (non-hydrogen) atoms. The number of nitrogens with zero attached hydrogens (tertiary/aromatic N) is 2. The topological polar surface area (TPSA) is 44.7 Å². The van der Waals surface area contributed by atoms with Gasteiger partial charge in [-0.1, -0.05) is 26.0 Å². The lowest BCUT2D eigenvalue weighted by atomic mass is 10.2. The van der Waals surface area contributed by atoms with E-state index >= 15 is 0 Å². The second-order valence-corrected chi connectivity index (χ2v) is 4.91. The van der Waals surface area contributed by atoms with Crippen LogP contribution in [0.1, 0.15) is 19.4 Å². The second-order valence-electron chi connectivity index (χ2n) is 4.03. The summed E-state index contributed by atoms with van der Waals surface area (Å²) in [7, 11) is 0. The maximum absolute atomic E-state index is 11.6. The van der Waals surface area contributed by atoms with Gasteiger partial charge in [-0.15, -0.1) is 11.8 Å². The molecule has 0 aliphatic carbocycles. The van der Waals surface area contributed by atoms with E-state index in [1.54, 1.807) is 18.0 Å². The summed E-state index contributed by atoms with van der Waals surface area (Å²) in [6.45, 7) is 6.18. The second kappa shape index (κ2) is 8.72. The van der Waals surface area contributed by atoms with E-state index in [0.29, 0.717) is 6.54 Å². The summed E-state index contributed by atoms with van der Waals surface area (Å²) in [5.41, 5.74) is 3.52. The van der Waals surface area contributed by atoms with E-state index in [0.717, 1.165) is 18.7 Å². The number of carbonyl (C=O) groups is 1. The number of carbonyl (C=O) groups excluding carboxylic acids is 1. The molecular weight excluding hydrogens is 258 g/mol. The summed E-state index contributed by atoms with van der Waals surface area (Å²) >= 11 is 1.70. The lowest BCUT2D eigenvalue weighted by molar-refractivity contribution is -0.122. The Morgan fingerprint density at radius 3 is 2.47 bits per heavy atom. The summed E-state index contributed by atoms with van der Waals surface area (Å²) in [6.07, 6.45) is 3.70. The van der Waals surface area contributed by atoms with Crippen LogP contribution in [0.15, 0.2) is 34.3 Å². The van der Waals surface area contributed by atoms with Gasteiger partial charge in [0.2, 0.25) is 0 Å². The van der Waals surface area contributed by atoms with Crippen LogP contribution in [0, 0.1) is 0 Å². The monoisotopic (exact) mass is 279 g/mol. The zero-order valence-electron chi connectivity index (χ0n) is 11.7. The highest BCUT2D eigenvalue weighted by atomic mass is 32.2. The van der Waals surface area contributed by atoms with Crippen LogP contribution >= 0.6 is 11.8 Å². The molecular formula is C14H21N3OS. The van der Waals surface area contributed by atoms with Gasteiger partial charge < -0.3 is 0 Å². The Hall–Kier alpha value is -1.33. The lowest BCUT2D eigenvalue weighted by Crippen LogP contribution is -2.35. The molecule has 0 heterocycles. The Morgan fingerprint density at radius 1 is 1.32 bits per heavy atom. The first-order valence-electron chi connectivity index (χ1n) is 6.37. The van der Waals surface area contributed by atoms with Crippen LogP contribution in [0.4, 0.5) is 0 Å². The third kappa shape index (κ3) is 5.89. The van der Waals surface area contributed by atoms with Crippen molar-refractivity contribution >= 4 is 23.9 Å². The van der Waals surface area contributed by atoms with Crippen molar-refractivity contribution in [3.8, 4) is 0 Å². The molecule has 0 unspecified atom stereocenters. The van der Waals surface area contributed by atoms with Crippen molar-refractivity contribution in [3.63, 3.8) is 0 Å². The molecule has 0 saturated heterocycles. The standard InChI is InChI=1S/C14H21N3OS/c1-4-17(5-2)11-14(18)16-15-10-12-6-8-13(19-3)9-7-12/h6-10H,4-5,11H2,1-3H3,(H,16,18)/b15-10+. The van der Waals surface area contributed by atoms with E-state index < -0.39 is 0 Å². The molecule has 104 valence electrons. The smallest absolute Gasteiger partial charge is 0.254 e. The fourth-order valence-corrected chi connectivity index (χ4v) is 1.96. The first-order valence-corrected chi connectivity index (χ1v) is 7.60. The molecule has 1 aromatic rings. The molecule has 0 aromatic heterocycles. The van der Waals surface area contributed by atoms with Gasteiger partial charge in [-0.2, -0.15) is 5.10 Å². The Bertz CT molecular complexity index is 413. The van der Waals surface area contributed by atoms with Gasteiger partial charge in [0.15, 0.2) is 0 Å². The molecule has 1 N–H and O–H groups in total. The SMILES string of the molecule is CCN(CC)CC(=O)N/N=C/c1ccc(SC)cc1. The zero-order chi connectivity index (χ0) is 14.1. The van der Waals surface area contributed by atoms with E-state index in [-0.39, 0.29) is 5.91 Å². The average molecular weight is 279 g/mol. The number of rotatable bonds is 7. The number of likely N-dealkylation sites (N-methyl/N-ethyl adjacent to an activating group) is 1. The predicted molar refractivity (Wildman–Crippen MR) is 81.7 cm³/mol. The number of thioether (sulfide) groups is 1. The molecule has 4 nitrogen and oxygen atoms in total. The highest BCUT2D eigenvalue weighted by Gasteiger charge is 2.05. The summed E-state index contributed by atoms with van der Waals surface area (Å²) in [6, 6.07) is 8.02. The Labute approximate surface area is 119 Å². The maximum atomic E-state index is 11.6. The van der Waals surface area contributed by atoms with Crippen LogP contribution in [0.5, 0.6) is 0 Å². The van der Waals surface area contributed by atoms with Crippen LogP contribution in [0.25, 0.3) is 0 Å². The van der Waals surface area contributed by atoms with Crippen molar-refractivity contribution in [1.82, 2.24) is 10.3 Å². The van der Waals surface area contributed by atoms with Gasteiger partial charge in [0.1, 0.15) is 0 Å². The minimum Gasteiger partial charge on any atom is -0.295 e. The largest absolute Gasteiger partial charge is 0.295 e. The number of hydrogen-bond donors (Lipinski definition) is 1. The third-order valence-corrected chi connectivity index (χ3v) is 3.52. The molecule has 1 rings (SSSR count). The fourth-order valence-electron chi connectivity index (χ4n) is 1.55. The van der Waals surface area contributed by atoms with Crippen LogP contribution < -0.4 is 5.43 Å². The quantitative estimate of drug-likeness (QED) is 0.473. The summed E-state index contributed by atoms with van der Waals surface area (Å²) in [5.74, 6) is -0.0827.